The molecule has 19 heavy (non-hydrogen) atoms. The van der Waals surface area contributed by atoms with Gasteiger partial charge in [0.1, 0.15) is 5.82 Å². The van der Waals surface area contributed by atoms with Crippen molar-refractivity contribution < 1.29 is 4.79 Å². The lowest BCUT2D eigenvalue weighted by molar-refractivity contribution is 0.0821. The molecule has 7 nitrogen and oxygen atoms in total. The molecule has 0 atom stereocenters. The first-order valence-electron chi connectivity index (χ1n) is 5.93. The molecule has 0 aliphatic heterocycles. The summed E-state index contributed by atoms with van der Waals surface area (Å²) in [6.45, 7) is 0.720. The van der Waals surface area contributed by atoms with Crippen LogP contribution in [0.1, 0.15) is 16.2 Å². The lowest BCUT2D eigenvalue weighted by atomic mass is 10.3. The van der Waals surface area contributed by atoms with Crippen molar-refractivity contribution in [3.8, 4) is 0 Å². The van der Waals surface area contributed by atoms with Gasteiger partial charge in [-0.15, -0.1) is 10.2 Å². The molecule has 0 radical (unpaired) electrons. The molecule has 0 aliphatic carbocycles. The van der Waals surface area contributed by atoms with Crippen molar-refractivity contribution in [1.29, 1.82) is 0 Å². The lowest BCUT2D eigenvalue weighted by Crippen LogP contribution is -2.23. The Balaban J connectivity index is 1.86. The molecule has 0 aromatic carbocycles. The molecule has 0 unspecified atom stereocenters. The summed E-state index contributed by atoms with van der Waals surface area (Å²) in [5.74, 6) is 0.492. The molecule has 0 aliphatic rings. The predicted molar refractivity (Wildman–Crippen MR) is 70.8 cm³/mol. The van der Waals surface area contributed by atoms with Crippen molar-refractivity contribution in [2.45, 2.75) is 6.42 Å². The third kappa shape index (κ3) is 3.51. The third-order valence-corrected chi connectivity index (χ3v) is 2.55. The molecule has 7 heteroatoms. The number of anilines is 1. The number of imidazole rings is 1. The Morgan fingerprint density at radius 3 is 2.79 bits per heavy atom. The van der Waals surface area contributed by atoms with Gasteiger partial charge in [0.25, 0.3) is 5.91 Å². The summed E-state index contributed by atoms with van der Waals surface area (Å²) in [6, 6.07) is 3.41. The van der Waals surface area contributed by atoms with Crippen molar-refractivity contribution in [2.75, 3.05) is 26.0 Å². The number of aromatic nitrogens is 4. The highest BCUT2D eigenvalue weighted by molar-refractivity contribution is 5.91. The fraction of sp³-hybridized carbons (Fsp3) is 0.333. The van der Waals surface area contributed by atoms with Crippen molar-refractivity contribution in [3.05, 3.63) is 36.0 Å². The van der Waals surface area contributed by atoms with Gasteiger partial charge in [-0.2, -0.15) is 0 Å². The summed E-state index contributed by atoms with van der Waals surface area (Å²) in [4.78, 5) is 20.0. The average Bonchev–Trinajstić information content (AvgIpc) is 2.92. The first kappa shape index (κ1) is 13.0. The maximum atomic E-state index is 11.6. The minimum absolute atomic E-state index is 0.156. The van der Waals surface area contributed by atoms with Gasteiger partial charge in [-0.3, -0.25) is 4.79 Å². The van der Waals surface area contributed by atoms with Crippen LogP contribution in [-0.2, 0) is 6.42 Å². The number of nitrogens with zero attached hydrogens (tertiary/aromatic N) is 4. The zero-order valence-corrected chi connectivity index (χ0v) is 10.9. The van der Waals surface area contributed by atoms with Crippen LogP contribution in [0, 0.1) is 0 Å². The number of aromatic amines is 1. The first-order chi connectivity index (χ1) is 9.16. The van der Waals surface area contributed by atoms with E-state index in [1.54, 1.807) is 38.8 Å². The summed E-state index contributed by atoms with van der Waals surface area (Å²) in [6.07, 6.45) is 4.25. The Bertz CT molecular complexity index is 520. The fourth-order valence-corrected chi connectivity index (χ4v) is 1.52. The van der Waals surface area contributed by atoms with Crippen LogP contribution in [0.3, 0.4) is 0 Å². The van der Waals surface area contributed by atoms with Gasteiger partial charge in [0.2, 0.25) is 0 Å². The molecule has 1 amide bonds. The number of rotatable bonds is 5. The number of hydrogen-bond donors (Lipinski definition) is 2. The largest absolute Gasteiger partial charge is 0.368 e. The summed E-state index contributed by atoms with van der Waals surface area (Å²) in [5, 5.41) is 11.0. The molecule has 0 saturated heterocycles. The van der Waals surface area contributed by atoms with Gasteiger partial charge in [-0.1, -0.05) is 0 Å². The minimum Gasteiger partial charge on any atom is -0.368 e. The molecule has 0 bridgehead atoms. The second-order valence-corrected chi connectivity index (χ2v) is 4.26. The van der Waals surface area contributed by atoms with Gasteiger partial charge >= 0.3 is 0 Å². The van der Waals surface area contributed by atoms with E-state index in [4.69, 9.17) is 0 Å². The van der Waals surface area contributed by atoms with Crippen molar-refractivity contribution in [1.82, 2.24) is 25.1 Å². The lowest BCUT2D eigenvalue weighted by Gasteiger charge is -2.09. The monoisotopic (exact) mass is 260 g/mol. The summed E-state index contributed by atoms with van der Waals surface area (Å²) >= 11 is 0. The van der Waals surface area contributed by atoms with Gasteiger partial charge in [0.15, 0.2) is 5.69 Å². The van der Waals surface area contributed by atoms with E-state index in [0.29, 0.717) is 11.5 Å². The van der Waals surface area contributed by atoms with Gasteiger partial charge in [-0.25, -0.2) is 4.98 Å². The maximum Gasteiger partial charge on any atom is 0.273 e. The van der Waals surface area contributed by atoms with Crippen LogP contribution in [0.15, 0.2) is 24.7 Å². The van der Waals surface area contributed by atoms with Crippen molar-refractivity contribution in [2.24, 2.45) is 0 Å². The standard InChI is InChI=1S/C12H16N6O/c1-18(2)12(19)10-3-4-11(17-16-10)14-6-5-9-7-13-8-15-9/h3-4,7-8H,5-6H2,1-2H3,(H,13,15)(H,14,17). The molecule has 2 N–H and O–H groups in total. The predicted octanol–water partition coefficient (Wildman–Crippen LogP) is 0.556. The van der Waals surface area contributed by atoms with E-state index in [9.17, 15) is 4.79 Å². The molecule has 2 rings (SSSR count). The van der Waals surface area contributed by atoms with E-state index < -0.39 is 0 Å². The number of nitrogens with one attached hydrogen (secondary N) is 2. The summed E-state index contributed by atoms with van der Waals surface area (Å²) in [7, 11) is 3.36. The van der Waals surface area contributed by atoms with E-state index >= 15 is 0 Å². The Labute approximate surface area is 111 Å². The molecular weight excluding hydrogens is 244 g/mol. The molecule has 100 valence electrons. The van der Waals surface area contributed by atoms with E-state index in [-0.39, 0.29) is 5.91 Å². The van der Waals surface area contributed by atoms with Gasteiger partial charge in [0, 0.05) is 39.0 Å². The summed E-state index contributed by atoms with van der Waals surface area (Å²) < 4.78 is 0. The second kappa shape index (κ2) is 5.94. The average molecular weight is 260 g/mol. The highest BCUT2D eigenvalue weighted by Gasteiger charge is 2.09. The van der Waals surface area contributed by atoms with Crippen molar-refractivity contribution >= 4 is 11.7 Å². The van der Waals surface area contributed by atoms with Gasteiger partial charge in [0.05, 0.1) is 6.33 Å². The number of H-pyrrole nitrogens is 1. The highest BCUT2D eigenvalue weighted by Crippen LogP contribution is 2.04. The normalized spacial score (nSPS) is 10.2. The molecule has 0 fully saturated rings. The first-order valence-corrected chi connectivity index (χ1v) is 5.93. The topological polar surface area (TPSA) is 86.8 Å². The van der Waals surface area contributed by atoms with E-state index in [1.807, 2.05) is 0 Å². The number of carbonyl (C=O) groups is 1. The van der Waals surface area contributed by atoms with Crippen LogP contribution < -0.4 is 5.32 Å². The van der Waals surface area contributed by atoms with E-state index in [2.05, 4.69) is 25.5 Å². The van der Waals surface area contributed by atoms with E-state index in [1.165, 1.54) is 4.90 Å². The second-order valence-electron chi connectivity index (χ2n) is 4.26. The quantitative estimate of drug-likeness (QED) is 0.820. The molecule has 2 heterocycles. The Morgan fingerprint density at radius 1 is 1.37 bits per heavy atom. The van der Waals surface area contributed by atoms with Crippen molar-refractivity contribution in [3.63, 3.8) is 0 Å². The third-order valence-electron chi connectivity index (χ3n) is 2.55. The Morgan fingerprint density at radius 2 is 2.21 bits per heavy atom. The maximum absolute atomic E-state index is 11.6. The number of hydrogen-bond acceptors (Lipinski definition) is 5. The number of amides is 1. The highest BCUT2D eigenvalue weighted by atomic mass is 16.2. The minimum atomic E-state index is -0.156. The fourth-order valence-electron chi connectivity index (χ4n) is 1.52. The van der Waals surface area contributed by atoms with Gasteiger partial charge in [-0.05, 0) is 12.1 Å². The number of carbonyl (C=O) groups excluding carboxylic acids is 1. The smallest absolute Gasteiger partial charge is 0.273 e. The zero-order valence-electron chi connectivity index (χ0n) is 10.9. The molecule has 0 spiro atoms. The van der Waals surface area contributed by atoms with Crippen LogP contribution in [0.5, 0.6) is 0 Å². The molecule has 2 aromatic heterocycles. The van der Waals surface area contributed by atoms with E-state index in [0.717, 1.165) is 18.7 Å². The molecular formula is C12H16N6O. The zero-order chi connectivity index (χ0) is 13.7. The van der Waals surface area contributed by atoms with Gasteiger partial charge < -0.3 is 15.2 Å². The Hall–Kier alpha value is -2.44. The van der Waals surface area contributed by atoms with Crippen LogP contribution in [-0.4, -0.2) is 51.6 Å². The van der Waals surface area contributed by atoms with Crippen LogP contribution in [0.25, 0.3) is 0 Å². The summed E-state index contributed by atoms with van der Waals surface area (Å²) in [5.41, 5.74) is 1.39. The molecule has 0 saturated carbocycles. The van der Waals surface area contributed by atoms with Crippen LogP contribution in [0.2, 0.25) is 0 Å². The Kier molecular flexibility index (Phi) is 4.07. The van der Waals surface area contributed by atoms with Crippen LogP contribution >= 0.6 is 0 Å². The SMILES string of the molecule is CN(C)C(=O)c1ccc(NCCc2cnc[nH]2)nn1. The molecule has 2 aromatic rings. The van der Waals surface area contributed by atoms with Crippen LogP contribution in [0.4, 0.5) is 5.82 Å².